The van der Waals surface area contributed by atoms with Crippen LogP contribution in [0.4, 0.5) is 0 Å². The van der Waals surface area contributed by atoms with Crippen LogP contribution in [-0.2, 0) is 0 Å². The predicted octanol–water partition coefficient (Wildman–Crippen LogP) is 3.72. The van der Waals surface area contributed by atoms with Gasteiger partial charge in [0, 0.05) is 11.9 Å². The van der Waals surface area contributed by atoms with Crippen molar-refractivity contribution in [1.82, 2.24) is 25.1 Å². The van der Waals surface area contributed by atoms with E-state index in [0.29, 0.717) is 5.69 Å². The van der Waals surface area contributed by atoms with Crippen molar-refractivity contribution >= 4 is 27.8 Å². The van der Waals surface area contributed by atoms with E-state index in [9.17, 15) is 4.79 Å². The van der Waals surface area contributed by atoms with Gasteiger partial charge in [-0.2, -0.15) is 5.10 Å². The quantitative estimate of drug-likeness (QED) is 0.581. The molecule has 1 saturated heterocycles. The van der Waals surface area contributed by atoms with Gasteiger partial charge in [-0.25, -0.2) is 4.98 Å². The minimum absolute atomic E-state index is 0.0364. The largest absolute Gasteiger partial charge is 0.340 e. The summed E-state index contributed by atoms with van der Waals surface area (Å²) < 4.78 is 0. The molecule has 3 heterocycles. The first-order valence-corrected chi connectivity index (χ1v) is 8.91. The maximum Gasteiger partial charge on any atom is 0.275 e. The summed E-state index contributed by atoms with van der Waals surface area (Å²) in [7, 11) is 0. The fourth-order valence-electron chi connectivity index (χ4n) is 3.86. The van der Waals surface area contributed by atoms with Crippen LogP contribution in [0.25, 0.3) is 21.9 Å². The first-order chi connectivity index (χ1) is 12.7. The molecule has 1 fully saturated rings. The number of carbonyl (C=O) groups is 1. The van der Waals surface area contributed by atoms with E-state index >= 15 is 0 Å². The standard InChI is InChI=1S/C20H19N5O/c1-12-8-9-15-16(11-12)22-19(21-15)17-7-4-10-25(17)20(26)18-13-5-2-3-6-14(13)23-24-18/h2-3,5-6,8-9,11,17H,4,7,10H2,1H3,(H,21,22)(H,23,24)/t17-/m1/s1. The Hall–Kier alpha value is -3.15. The highest BCUT2D eigenvalue weighted by Crippen LogP contribution is 2.33. The number of aromatic nitrogens is 4. The van der Waals surface area contributed by atoms with Crippen LogP contribution in [0.1, 0.15) is 40.8 Å². The highest BCUT2D eigenvalue weighted by Gasteiger charge is 2.34. The van der Waals surface area contributed by atoms with Crippen molar-refractivity contribution in [2.45, 2.75) is 25.8 Å². The molecule has 0 bridgehead atoms. The number of nitrogens with one attached hydrogen (secondary N) is 2. The van der Waals surface area contributed by atoms with Crippen LogP contribution in [0.15, 0.2) is 42.5 Å². The van der Waals surface area contributed by atoms with Gasteiger partial charge in [-0.1, -0.05) is 24.3 Å². The highest BCUT2D eigenvalue weighted by molar-refractivity contribution is 6.04. The zero-order chi connectivity index (χ0) is 17.7. The van der Waals surface area contributed by atoms with Crippen molar-refractivity contribution in [3.8, 4) is 0 Å². The molecule has 5 rings (SSSR count). The highest BCUT2D eigenvalue weighted by atomic mass is 16.2. The number of amides is 1. The molecule has 0 radical (unpaired) electrons. The molecule has 130 valence electrons. The molecule has 1 atom stereocenters. The van der Waals surface area contributed by atoms with Gasteiger partial charge in [0.25, 0.3) is 5.91 Å². The summed E-state index contributed by atoms with van der Waals surface area (Å²) in [6.07, 6.45) is 1.88. The minimum atomic E-state index is -0.0402. The first kappa shape index (κ1) is 15.1. The van der Waals surface area contributed by atoms with Gasteiger partial charge in [-0.05, 0) is 43.5 Å². The van der Waals surface area contributed by atoms with Crippen LogP contribution in [0.3, 0.4) is 0 Å². The van der Waals surface area contributed by atoms with E-state index in [1.54, 1.807) is 0 Å². The average Bonchev–Trinajstić information content (AvgIpc) is 3.37. The van der Waals surface area contributed by atoms with Crippen molar-refractivity contribution in [3.63, 3.8) is 0 Å². The van der Waals surface area contributed by atoms with Crippen molar-refractivity contribution < 1.29 is 4.79 Å². The molecule has 1 amide bonds. The van der Waals surface area contributed by atoms with Crippen LogP contribution >= 0.6 is 0 Å². The Morgan fingerprint density at radius 1 is 1.19 bits per heavy atom. The van der Waals surface area contributed by atoms with Crippen LogP contribution in [0.5, 0.6) is 0 Å². The Labute approximate surface area is 150 Å². The summed E-state index contributed by atoms with van der Waals surface area (Å²) in [4.78, 5) is 23.2. The monoisotopic (exact) mass is 345 g/mol. The average molecular weight is 345 g/mol. The third kappa shape index (κ3) is 2.29. The summed E-state index contributed by atoms with van der Waals surface area (Å²) in [5.74, 6) is 0.817. The number of carbonyl (C=O) groups excluding carboxylic acids is 1. The topological polar surface area (TPSA) is 77.7 Å². The molecular weight excluding hydrogens is 326 g/mol. The molecule has 1 aliphatic heterocycles. The summed E-state index contributed by atoms with van der Waals surface area (Å²) >= 11 is 0. The lowest BCUT2D eigenvalue weighted by Gasteiger charge is -2.22. The molecule has 2 N–H and O–H groups in total. The molecule has 2 aromatic heterocycles. The van der Waals surface area contributed by atoms with Crippen LogP contribution in [-0.4, -0.2) is 37.5 Å². The fraction of sp³-hybridized carbons (Fsp3) is 0.250. The van der Waals surface area contributed by atoms with Crippen molar-refractivity contribution in [2.24, 2.45) is 0 Å². The number of hydrogen-bond donors (Lipinski definition) is 2. The van der Waals surface area contributed by atoms with E-state index < -0.39 is 0 Å². The zero-order valence-electron chi connectivity index (χ0n) is 14.5. The van der Waals surface area contributed by atoms with E-state index in [2.05, 4.69) is 34.2 Å². The SMILES string of the molecule is Cc1ccc2nc([C@H]3CCCN3C(=O)c3n[nH]c4ccccc34)[nH]c2c1. The second-order valence-electron chi connectivity index (χ2n) is 6.92. The molecule has 26 heavy (non-hydrogen) atoms. The number of nitrogens with zero attached hydrogens (tertiary/aromatic N) is 3. The number of hydrogen-bond acceptors (Lipinski definition) is 3. The Morgan fingerprint density at radius 2 is 2.08 bits per heavy atom. The first-order valence-electron chi connectivity index (χ1n) is 8.91. The number of aromatic amines is 2. The van der Waals surface area contributed by atoms with Gasteiger partial charge in [0.1, 0.15) is 5.82 Å². The predicted molar refractivity (Wildman–Crippen MR) is 99.9 cm³/mol. The van der Waals surface area contributed by atoms with Gasteiger partial charge in [0.05, 0.1) is 22.6 Å². The molecule has 0 spiro atoms. The van der Waals surface area contributed by atoms with E-state index in [4.69, 9.17) is 4.98 Å². The Morgan fingerprint density at radius 3 is 3.00 bits per heavy atom. The zero-order valence-corrected chi connectivity index (χ0v) is 14.5. The van der Waals surface area contributed by atoms with E-state index in [1.165, 1.54) is 5.56 Å². The molecular formula is C20H19N5O. The van der Waals surface area contributed by atoms with Gasteiger partial charge in [-0.15, -0.1) is 0 Å². The van der Waals surface area contributed by atoms with Crippen molar-refractivity contribution in [2.75, 3.05) is 6.54 Å². The van der Waals surface area contributed by atoms with E-state index in [-0.39, 0.29) is 11.9 Å². The summed E-state index contributed by atoms with van der Waals surface area (Å²) in [5, 5.41) is 8.09. The maximum atomic E-state index is 13.2. The smallest absolute Gasteiger partial charge is 0.275 e. The van der Waals surface area contributed by atoms with Crippen LogP contribution < -0.4 is 0 Å². The number of likely N-dealkylation sites (tertiary alicyclic amines) is 1. The third-order valence-corrected chi connectivity index (χ3v) is 5.16. The molecule has 0 saturated carbocycles. The minimum Gasteiger partial charge on any atom is -0.340 e. The number of rotatable bonds is 2. The lowest BCUT2D eigenvalue weighted by atomic mass is 10.1. The lowest BCUT2D eigenvalue weighted by Crippen LogP contribution is -2.31. The normalized spacial score (nSPS) is 17.4. The second kappa shape index (κ2) is 5.69. The number of imidazole rings is 1. The number of fused-ring (bicyclic) bond motifs is 2. The molecule has 0 unspecified atom stereocenters. The maximum absolute atomic E-state index is 13.2. The Bertz CT molecular complexity index is 1130. The van der Waals surface area contributed by atoms with Gasteiger partial charge < -0.3 is 9.88 Å². The molecule has 6 heteroatoms. The van der Waals surface area contributed by atoms with Crippen LogP contribution in [0.2, 0.25) is 0 Å². The molecule has 2 aromatic carbocycles. The van der Waals surface area contributed by atoms with Crippen molar-refractivity contribution in [3.05, 3.63) is 59.5 Å². The fourth-order valence-corrected chi connectivity index (χ4v) is 3.86. The number of benzene rings is 2. The summed E-state index contributed by atoms with van der Waals surface area (Å²) in [6, 6.07) is 13.9. The van der Waals surface area contributed by atoms with E-state index in [1.807, 2.05) is 35.2 Å². The van der Waals surface area contributed by atoms with Gasteiger partial charge >= 0.3 is 0 Å². The number of aryl methyl sites for hydroxylation is 1. The van der Waals surface area contributed by atoms with Gasteiger partial charge in [0.2, 0.25) is 0 Å². The van der Waals surface area contributed by atoms with Crippen molar-refractivity contribution in [1.29, 1.82) is 0 Å². The van der Waals surface area contributed by atoms with Crippen LogP contribution in [0, 0.1) is 6.92 Å². The molecule has 1 aliphatic rings. The summed E-state index contributed by atoms with van der Waals surface area (Å²) in [5.41, 5.74) is 4.51. The second-order valence-corrected chi connectivity index (χ2v) is 6.92. The molecule has 0 aliphatic carbocycles. The van der Waals surface area contributed by atoms with Gasteiger partial charge in [-0.3, -0.25) is 9.89 Å². The Kier molecular flexibility index (Phi) is 3.31. The number of para-hydroxylation sites is 1. The molecule has 4 aromatic rings. The summed E-state index contributed by atoms with van der Waals surface area (Å²) in [6.45, 7) is 2.79. The third-order valence-electron chi connectivity index (χ3n) is 5.16. The Balaban J connectivity index is 1.52. The number of H-pyrrole nitrogens is 2. The molecule has 6 nitrogen and oxygen atoms in total. The lowest BCUT2D eigenvalue weighted by molar-refractivity contribution is 0.0726. The van der Waals surface area contributed by atoms with E-state index in [0.717, 1.165) is 47.1 Å². The van der Waals surface area contributed by atoms with Gasteiger partial charge in [0.15, 0.2) is 5.69 Å².